The molecule has 0 aliphatic heterocycles. The molecule has 0 aromatic heterocycles. The highest BCUT2D eigenvalue weighted by Crippen LogP contribution is 2.27. The zero-order valence-corrected chi connectivity index (χ0v) is 10.4. The highest BCUT2D eigenvalue weighted by Gasteiger charge is 2.18. The minimum atomic E-state index is -0.167. The van der Waals surface area contributed by atoms with Gasteiger partial charge in [0.2, 0.25) is 0 Å². The monoisotopic (exact) mass is 223 g/mol. The van der Waals surface area contributed by atoms with Gasteiger partial charge in [-0.05, 0) is 26.8 Å². The Bertz CT molecular complexity index is 325. The summed E-state index contributed by atoms with van der Waals surface area (Å²) in [6, 6.07) is 7.67. The molecule has 1 aromatic carbocycles. The second-order valence-electron chi connectivity index (χ2n) is 4.17. The summed E-state index contributed by atoms with van der Waals surface area (Å²) in [6.45, 7) is 5.96. The summed E-state index contributed by atoms with van der Waals surface area (Å²) in [4.78, 5) is 0. The van der Waals surface area contributed by atoms with Crippen LogP contribution >= 0.6 is 0 Å². The van der Waals surface area contributed by atoms with E-state index in [9.17, 15) is 0 Å². The number of benzene rings is 1. The summed E-state index contributed by atoms with van der Waals surface area (Å²) in [5, 5.41) is 0. The Morgan fingerprint density at radius 1 is 1.12 bits per heavy atom. The maximum Gasteiger partial charge on any atom is 0.124 e. The fourth-order valence-corrected chi connectivity index (χ4v) is 1.52. The molecule has 3 nitrogen and oxygen atoms in total. The van der Waals surface area contributed by atoms with E-state index in [4.69, 9.17) is 15.2 Å². The molecule has 0 aliphatic carbocycles. The van der Waals surface area contributed by atoms with Gasteiger partial charge in [-0.15, -0.1) is 0 Å². The van der Waals surface area contributed by atoms with Crippen molar-refractivity contribution < 1.29 is 9.47 Å². The third-order valence-electron chi connectivity index (χ3n) is 2.52. The minimum absolute atomic E-state index is 0.0306. The van der Waals surface area contributed by atoms with E-state index in [0.29, 0.717) is 0 Å². The number of ether oxygens (including phenoxy) is 2. The lowest BCUT2D eigenvalue weighted by atomic mass is 10.0. The molecule has 1 aromatic rings. The highest BCUT2D eigenvalue weighted by atomic mass is 16.5. The zero-order valence-electron chi connectivity index (χ0n) is 10.4. The summed E-state index contributed by atoms with van der Waals surface area (Å²) in [7, 11) is 1.66. The van der Waals surface area contributed by atoms with Crippen LogP contribution in [0.25, 0.3) is 0 Å². The average molecular weight is 223 g/mol. The van der Waals surface area contributed by atoms with Gasteiger partial charge in [-0.25, -0.2) is 0 Å². The summed E-state index contributed by atoms with van der Waals surface area (Å²) in [5.41, 5.74) is 7.11. The van der Waals surface area contributed by atoms with Crippen LogP contribution < -0.4 is 10.5 Å². The third kappa shape index (κ3) is 3.22. The van der Waals surface area contributed by atoms with Crippen LogP contribution in [0.3, 0.4) is 0 Å². The van der Waals surface area contributed by atoms with Crippen LogP contribution in [-0.4, -0.2) is 19.3 Å². The lowest BCUT2D eigenvalue weighted by Gasteiger charge is -2.22. The minimum Gasteiger partial charge on any atom is -0.491 e. The molecule has 16 heavy (non-hydrogen) atoms. The molecule has 0 heterocycles. The van der Waals surface area contributed by atoms with Gasteiger partial charge in [0.05, 0.1) is 18.2 Å². The molecule has 2 N–H and O–H groups in total. The molecule has 2 atom stereocenters. The van der Waals surface area contributed by atoms with Crippen molar-refractivity contribution in [2.75, 3.05) is 7.11 Å². The Morgan fingerprint density at radius 3 is 2.31 bits per heavy atom. The molecule has 0 bridgehead atoms. The van der Waals surface area contributed by atoms with Crippen LogP contribution in [0.5, 0.6) is 5.75 Å². The quantitative estimate of drug-likeness (QED) is 0.834. The topological polar surface area (TPSA) is 44.5 Å². The second kappa shape index (κ2) is 5.87. The first-order valence-corrected chi connectivity index (χ1v) is 5.60. The van der Waals surface area contributed by atoms with E-state index in [2.05, 4.69) is 0 Å². The van der Waals surface area contributed by atoms with Gasteiger partial charge >= 0.3 is 0 Å². The Morgan fingerprint density at radius 2 is 1.75 bits per heavy atom. The molecule has 3 heteroatoms. The predicted octanol–water partition coefficient (Wildman–Crippen LogP) is 2.51. The molecule has 0 fully saturated rings. The fraction of sp³-hybridized carbons (Fsp3) is 0.538. The van der Waals surface area contributed by atoms with E-state index in [1.54, 1.807) is 7.11 Å². The van der Waals surface area contributed by atoms with Crippen molar-refractivity contribution in [3.8, 4) is 5.75 Å². The van der Waals surface area contributed by atoms with Crippen molar-refractivity contribution in [2.24, 2.45) is 5.73 Å². The van der Waals surface area contributed by atoms with Gasteiger partial charge < -0.3 is 15.2 Å². The number of rotatable bonds is 5. The molecule has 90 valence electrons. The van der Waals surface area contributed by atoms with Crippen molar-refractivity contribution in [1.82, 2.24) is 0 Å². The van der Waals surface area contributed by atoms with Crippen molar-refractivity contribution in [2.45, 2.75) is 39.0 Å². The molecule has 0 amide bonds. The summed E-state index contributed by atoms with van der Waals surface area (Å²) in [6.07, 6.45) is 0.114. The van der Waals surface area contributed by atoms with Crippen LogP contribution in [-0.2, 0) is 4.74 Å². The van der Waals surface area contributed by atoms with Crippen LogP contribution in [0.2, 0.25) is 0 Å². The number of hydrogen-bond donors (Lipinski definition) is 1. The van der Waals surface area contributed by atoms with Crippen LogP contribution in [0, 0.1) is 0 Å². The number of nitrogens with two attached hydrogens (primary N) is 1. The van der Waals surface area contributed by atoms with E-state index in [-0.39, 0.29) is 18.2 Å². The van der Waals surface area contributed by atoms with Crippen molar-refractivity contribution in [3.63, 3.8) is 0 Å². The second-order valence-corrected chi connectivity index (χ2v) is 4.17. The van der Waals surface area contributed by atoms with E-state index in [1.165, 1.54) is 0 Å². The van der Waals surface area contributed by atoms with Crippen LogP contribution in [0.1, 0.15) is 32.4 Å². The van der Waals surface area contributed by atoms with E-state index >= 15 is 0 Å². The number of hydrogen-bond acceptors (Lipinski definition) is 3. The lowest BCUT2D eigenvalue weighted by Crippen LogP contribution is -2.26. The van der Waals surface area contributed by atoms with Gasteiger partial charge in [0, 0.05) is 12.7 Å². The van der Waals surface area contributed by atoms with Crippen LogP contribution in [0.15, 0.2) is 24.3 Å². The van der Waals surface area contributed by atoms with Gasteiger partial charge in [0.15, 0.2) is 0 Å². The van der Waals surface area contributed by atoms with Gasteiger partial charge in [0.25, 0.3) is 0 Å². The fourth-order valence-electron chi connectivity index (χ4n) is 1.52. The number of para-hydroxylation sites is 1. The Hall–Kier alpha value is -1.06. The largest absolute Gasteiger partial charge is 0.491 e. The molecule has 0 spiro atoms. The van der Waals surface area contributed by atoms with Gasteiger partial charge in [-0.2, -0.15) is 0 Å². The number of methoxy groups -OCH3 is 1. The lowest BCUT2D eigenvalue weighted by molar-refractivity contribution is 0.0940. The summed E-state index contributed by atoms with van der Waals surface area (Å²) >= 11 is 0. The SMILES string of the molecule is COC(C)C(N)c1ccccc1OC(C)C. The average Bonchev–Trinajstić information content (AvgIpc) is 2.27. The molecule has 0 radical (unpaired) electrons. The van der Waals surface area contributed by atoms with E-state index in [0.717, 1.165) is 11.3 Å². The van der Waals surface area contributed by atoms with E-state index < -0.39 is 0 Å². The summed E-state index contributed by atoms with van der Waals surface area (Å²) < 4.78 is 11.0. The highest BCUT2D eigenvalue weighted by molar-refractivity contribution is 5.36. The Labute approximate surface area is 97.6 Å². The van der Waals surface area contributed by atoms with Crippen molar-refractivity contribution in [3.05, 3.63) is 29.8 Å². The first-order valence-electron chi connectivity index (χ1n) is 5.60. The molecule has 0 saturated carbocycles. The third-order valence-corrected chi connectivity index (χ3v) is 2.52. The summed E-state index contributed by atoms with van der Waals surface area (Å²) in [5.74, 6) is 0.842. The Balaban J connectivity index is 2.93. The van der Waals surface area contributed by atoms with Crippen LogP contribution in [0.4, 0.5) is 0 Å². The predicted molar refractivity (Wildman–Crippen MR) is 65.6 cm³/mol. The Kier molecular flexibility index (Phi) is 4.77. The smallest absolute Gasteiger partial charge is 0.124 e. The zero-order chi connectivity index (χ0) is 12.1. The van der Waals surface area contributed by atoms with E-state index in [1.807, 2.05) is 45.0 Å². The van der Waals surface area contributed by atoms with Crippen molar-refractivity contribution >= 4 is 0 Å². The first kappa shape index (κ1) is 13.0. The van der Waals surface area contributed by atoms with Crippen molar-refractivity contribution in [1.29, 1.82) is 0 Å². The molecular weight excluding hydrogens is 202 g/mol. The van der Waals surface area contributed by atoms with Gasteiger partial charge in [-0.3, -0.25) is 0 Å². The molecule has 0 aliphatic rings. The van der Waals surface area contributed by atoms with Gasteiger partial charge in [0.1, 0.15) is 5.75 Å². The standard InChI is InChI=1S/C13H21NO2/c1-9(2)16-12-8-6-5-7-11(12)13(14)10(3)15-4/h5-10,13H,14H2,1-4H3. The molecule has 0 saturated heterocycles. The maximum absolute atomic E-state index is 6.12. The van der Waals surface area contributed by atoms with Gasteiger partial charge in [-0.1, -0.05) is 18.2 Å². The normalized spacial score (nSPS) is 14.9. The molecule has 1 rings (SSSR count). The molecule has 2 unspecified atom stereocenters. The first-order chi connectivity index (χ1) is 7.56. The molecular formula is C13H21NO2. The maximum atomic E-state index is 6.12.